The molecular weight excluding hydrogens is 272 g/mol. The Morgan fingerprint density at radius 1 is 1.14 bits per heavy atom. The van der Waals surface area contributed by atoms with Crippen molar-refractivity contribution in [2.75, 3.05) is 0 Å². The zero-order chi connectivity index (χ0) is 15.7. The molecular formula is C20H30O2. The van der Waals surface area contributed by atoms with Gasteiger partial charge in [0.25, 0.3) is 0 Å². The van der Waals surface area contributed by atoms with Crippen LogP contribution in [0.1, 0.15) is 65.2 Å². The Hall–Kier alpha value is -0.630. The third-order valence-corrected chi connectivity index (χ3v) is 8.41. The smallest absolute Gasteiger partial charge is 0.139 e. The van der Waals surface area contributed by atoms with E-state index in [1.54, 1.807) is 0 Å². The molecule has 0 radical (unpaired) electrons. The summed E-state index contributed by atoms with van der Waals surface area (Å²) >= 11 is 0. The molecule has 0 bridgehead atoms. The van der Waals surface area contributed by atoms with Gasteiger partial charge in [-0.15, -0.1) is 0 Å². The third-order valence-electron chi connectivity index (χ3n) is 8.41. The first-order valence-corrected chi connectivity index (χ1v) is 9.27. The van der Waals surface area contributed by atoms with Crippen molar-refractivity contribution < 1.29 is 9.90 Å². The van der Waals surface area contributed by atoms with E-state index in [-0.39, 0.29) is 16.9 Å². The molecule has 0 aliphatic heterocycles. The summed E-state index contributed by atoms with van der Waals surface area (Å²) in [5.74, 6) is 3.14. The van der Waals surface area contributed by atoms with Crippen LogP contribution >= 0.6 is 0 Å². The molecule has 2 heteroatoms. The molecule has 0 amide bonds. The van der Waals surface area contributed by atoms with Crippen molar-refractivity contribution in [1.29, 1.82) is 0 Å². The van der Waals surface area contributed by atoms with Crippen LogP contribution in [0.2, 0.25) is 0 Å². The predicted molar refractivity (Wildman–Crippen MR) is 87.3 cm³/mol. The minimum atomic E-state index is -0.177. The number of carbonyl (C=O) groups excluding carboxylic acids is 1. The number of hydrogen-bond acceptors (Lipinski definition) is 2. The van der Waals surface area contributed by atoms with Crippen molar-refractivity contribution in [2.24, 2.45) is 34.5 Å². The highest BCUT2D eigenvalue weighted by Crippen LogP contribution is 2.66. The van der Waals surface area contributed by atoms with E-state index in [1.165, 1.54) is 24.8 Å². The lowest BCUT2D eigenvalue weighted by Gasteiger charge is -2.60. The van der Waals surface area contributed by atoms with Gasteiger partial charge < -0.3 is 5.11 Å². The Bertz CT molecular complexity index is 524. The molecule has 0 unspecified atom stereocenters. The highest BCUT2D eigenvalue weighted by Gasteiger charge is 2.60. The fraction of sp³-hybridized carbons (Fsp3) is 0.850. The van der Waals surface area contributed by atoms with Crippen LogP contribution in [0.4, 0.5) is 0 Å². The minimum absolute atomic E-state index is 0.0279. The summed E-state index contributed by atoms with van der Waals surface area (Å²) < 4.78 is 0. The molecule has 0 heterocycles. The quantitative estimate of drug-likeness (QED) is 0.683. The zero-order valence-electron chi connectivity index (χ0n) is 14.1. The standard InChI is InChI=1S/C20H30O2/c1-12-10-14(21)11-13-4-5-15-16-6-7-18(22)19(16,2)9-8-17(15)20(12,13)3/h13-17,21H,1,4-11H2,2-3H3/t13-,14+,15-,16+,17-,19-,20-/m0/s1. The van der Waals surface area contributed by atoms with Gasteiger partial charge in [-0.25, -0.2) is 0 Å². The lowest BCUT2D eigenvalue weighted by molar-refractivity contribution is -0.136. The summed E-state index contributed by atoms with van der Waals surface area (Å²) in [6.45, 7) is 9.08. The van der Waals surface area contributed by atoms with E-state index in [0.29, 0.717) is 29.5 Å². The normalized spacial score (nSPS) is 54.6. The molecule has 0 aromatic carbocycles. The molecule has 4 saturated carbocycles. The first-order chi connectivity index (χ1) is 10.4. The van der Waals surface area contributed by atoms with Crippen molar-refractivity contribution >= 4 is 5.78 Å². The Kier molecular flexibility index (Phi) is 3.18. The number of hydrogen-bond donors (Lipinski definition) is 1. The van der Waals surface area contributed by atoms with Gasteiger partial charge in [0.1, 0.15) is 5.78 Å². The molecule has 122 valence electrons. The molecule has 1 N–H and O–H groups in total. The van der Waals surface area contributed by atoms with Crippen LogP contribution in [0, 0.1) is 34.5 Å². The summed E-state index contributed by atoms with van der Waals surface area (Å²) in [4.78, 5) is 12.4. The summed E-state index contributed by atoms with van der Waals surface area (Å²) in [5.41, 5.74) is 1.47. The van der Waals surface area contributed by atoms with Crippen LogP contribution in [0.5, 0.6) is 0 Å². The third kappa shape index (κ3) is 1.74. The van der Waals surface area contributed by atoms with Crippen LogP contribution in [0.3, 0.4) is 0 Å². The van der Waals surface area contributed by atoms with E-state index >= 15 is 0 Å². The predicted octanol–water partition coefficient (Wildman–Crippen LogP) is 4.13. The highest BCUT2D eigenvalue weighted by molar-refractivity contribution is 5.87. The molecule has 0 aromatic rings. The number of ketones is 1. The summed E-state index contributed by atoms with van der Waals surface area (Å²) in [7, 11) is 0. The topological polar surface area (TPSA) is 37.3 Å². The van der Waals surface area contributed by atoms with Gasteiger partial charge in [0.15, 0.2) is 0 Å². The van der Waals surface area contributed by atoms with Crippen molar-refractivity contribution in [3.05, 3.63) is 12.2 Å². The lowest BCUT2D eigenvalue weighted by Crippen LogP contribution is -2.54. The maximum absolute atomic E-state index is 12.4. The average molecular weight is 302 g/mol. The number of rotatable bonds is 0. The van der Waals surface area contributed by atoms with Crippen molar-refractivity contribution in [2.45, 2.75) is 71.3 Å². The largest absolute Gasteiger partial charge is 0.393 e. The van der Waals surface area contributed by atoms with E-state index in [2.05, 4.69) is 20.4 Å². The number of fused-ring (bicyclic) bond motifs is 5. The maximum Gasteiger partial charge on any atom is 0.139 e. The van der Waals surface area contributed by atoms with Crippen LogP contribution in [-0.2, 0) is 4.79 Å². The van der Waals surface area contributed by atoms with Crippen molar-refractivity contribution in [1.82, 2.24) is 0 Å². The van der Waals surface area contributed by atoms with Crippen LogP contribution in [0.25, 0.3) is 0 Å². The first kappa shape index (κ1) is 14.9. The van der Waals surface area contributed by atoms with Gasteiger partial charge >= 0.3 is 0 Å². The summed E-state index contributed by atoms with van der Waals surface area (Å²) in [6.07, 6.45) is 8.24. The second-order valence-corrected chi connectivity index (χ2v) is 9.05. The van der Waals surface area contributed by atoms with Crippen molar-refractivity contribution in [3.63, 3.8) is 0 Å². The van der Waals surface area contributed by atoms with E-state index in [0.717, 1.165) is 32.1 Å². The first-order valence-electron chi connectivity index (χ1n) is 9.27. The fourth-order valence-electron chi connectivity index (χ4n) is 7.03. The molecule has 4 fully saturated rings. The summed E-state index contributed by atoms with van der Waals surface area (Å²) in [6, 6.07) is 0. The van der Waals surface area contributed by atoms with Gasteiger partial charge in [-0.2, -0.15) is 0 Å². The number of carbonyl (C=O) groups is 1. The fourth-order valence-corrected chi connectivity index (χ4v) is 7.03. The summed E-state index contributed by atoms with van der Waals surface area (Å²) in [5, 5.41) is 10.1. The van der Waals surface area contributed by atoms with E-state index in [9.17, 15) is 9.90 Å². The van der Waals surface area contributed by atoms with Gasteiger partial charge in [0.05, 0.1) is 6.10 Å². The Labute approximate surface area is 134 Å². The van der Waals surface area contributed by atoms with E-state index < -0.39 is 0 Å². The molecule has 2 nitrogen and oxygen atoms in total. The van der Waals surface area contributed by atoms with Crippen molar-refractivity contribution in [3.8, 4) is 0 Å². The second kappa shape index (κ2) is 4.69. The van der Waals surface area contributed by atoms with Crippen LogP contribution < -0.4 is 0 Å². The van der Waals surface area contributed by atoms with Gasteiger partial charge in [-0.3, -0.25) is 4.79 Å². The van der Waals surface area contributed by atoms with Gasteiger partial charge in [0, 0.05) is 11.8 Å². The van der Waals surface area contributed by atoms with Gasteiger partial charge in [-0.05, 0) is 74.0 Å². The number of aliphatic hydroxyl groups is 1. The molecule has 7 atom stereocenters. The second-order valence-electron chi connectivity index (χ2n) is 9.05. The molecule has 4 aliphatic rings. The zero-order valence-corrected chi connectivity index (χ0v) is 14.1. The van der Waals surface area contributed by atoms with Gasteiger partial charge in [-0.1, -0.05) is 26.0 Å². The minimum Gasteiger partial charge on any atom is -0.393 e. The van der Waals surface area contributed by atoms with Gasteiger partial charge in [0.2, 0.25) is 0 Å². The Morgan fingerprint density at radius 2 is 1.91 bits per heavy atom. The number of aliphatic hydroxyl groups excluding tert-OH is 1. The van der Waals surface area contributed by atoms with Crippen LogP contribution in [-0.4, -0.2) is 17.0 Å². The van der Waals surface area contributed by atoms with Crippen LogP contribution in [0.15, 0.2) is 12.2 Å². The lowest BCUT2D eigenvalue weighted by atomic mass is 9.44. The Morgan fingerprint density at radius 3 is 2.68 bits per heavy atom. The van der Waals surface area contributed by atoms with E-state index in [1.807, 2.05) is 0 Å². The molecule has 0 aromatic heterocycles. The monoisotopic (exact) mass is 302 g/mol. The molecule has 0 spiro atoms. The SMILES string of the molecule is C=C1C[C@@H](O)C[C@@H]2CC[C@H]3[C@H]4CCC(=O)[C@@]4(C)CC[C@@H]3[C@@]12C. The average Bonchev–Trinajstić information content (AvgIpc) is 2.77. The highest BCUT2D eigenvalue weighted by atomic mass is 16.3. The maximum atomic E-state index is 12.4. The number of Topliss-reactive ketones (excluding diaryl/α,β-unsaturated/α-hetero) is 1. The molecule has 4 rings (SSSR count). The molecule has 22 heavy (non-hydrogen) atoms. The molecule has 0 saturated heterocycles. The van der Waals surface area contributed by atoms with E-state index in [4.69, 9.17) is 0 Å². The molecule has 4 aliphatic carbocycles. The Balaban J connectivity index is 1.69.